The van der Waals surface area contributed by atoms with Gasteiger partial charge in [0.25, 0.3) is 5.91 Å². The molecule has 0 spiro atoms. The van der Waals surface area contributed by atoms with Crippen LogP contribution in [0.2, 0.25) is 0 Å². The highest BCUT2D eigenvalue weighted by Gasteiger charge is 2.16. The Morgan fingerprint density at radius 2 is 1.84 bits per heavy atom. The molecule has 32 heavy (non-hydrogen) atoms. The standard InChI is InChI=1S/C22H19N5O5/c1-15-7-10-21(19(11-15)27(30)31)32-14-22(29)26-23-13-16-12-18(8-9-20(16)28)25-24-17-5-3-2-4-6-17/h2-13,28H,14H2,1H3,(H,26,29)/b23-13+,25-24?. The molecule has 0 unspecified atom stereocenters. The molecular weight excluding hydrogens is 414 g/mol. The topological polar surface area (TPSA) is 139 Å². The Morgan fingerprint density at radius 1 is 1.09 bits per heavy atom. The minimum Gasteiger partial charge on any atom is -0.507 e. The van der Waals surface area contributed by atoms with Gasteiger partial charge in [-0.3, -0.25) is 14.9 Å². The van der Waals surface area contributed by atoms with Crippen LogP contribution in [-0.4, -0.2) is 28.8 Å². The van der Waals surface area contributed by atoms with E-state index in [0.717, 1.165) is 0 Å². The third-order valence-electron chi connectivity index (χ3n) is 4.11. The summed E-state index contributed by atoms with van der Waals surface area (Å²) < 4.78 is 5.23. The molecule has 0 radical (unpaired) electrons. The molecule has 1 amide bonds. The molecule has 3 rings (SSSR count). The summed E-state index contributed by atoms with van der Waals surface area (Å²) in [4.78, 5) is 22.5. The van der Waals surface area contributed by atoms with Gasteiger partial charge in [0.2, 0.25) is 0 Å². The van der Waals surface area contributed by atoms with Crippen molar-refractivity contribution >= 4 is 29.2 Å². The highest BCUT2D eigenvalue weighted by molar-refractivity contribution is 5.86. The number of hydrogen-bond acceptors (Lipinski definition) is 8. The zero-order chi connectivity index (χ0) is 22.9. The van der Waals surface area contributed by atoms with Gasteiger partial charge in [0.1, 0.15) is 5.75 Å². The molecule has 10 nitrogen and oxygen atoms in total. The van der Waals surface area contributed by atoms with E-state index < -0.39 is 17.4 Å². The first-order valence-electron chi connectivity index (χ1n) is 9.42. The minimum atomic E-state index is -0.629. The first-order chi connectivity index (χ1) is 15.4. The van der Waals surface area contributed by atoms with Gasteiger partial charge in [0.15, 0.2) is 12.4 Å². The normalized spacial score (nSPS) is 11.0. The summed E-state index contributed by atoms with van der Waals surface area (Å²) in [6, 6.07) is 18.1. The van der Waals surface area contributed by atoms with Crippen molar-refractivity contribution in [2.45, 2.75) is 6.92 Å². The summed E-state index contributed by atoms with van der Waals surface area (Å²) in [6.45, 7) is 1.24. The smallest absolute Gasteiger partial charge is 0.311 e. The van der Waals surface area contributed by atoms with Gasteiger partial charge in [-0.1, -0.05) is 24.3 Å². The fourth-order valence-corrected chi connectivity index (χ4v) is 2.56. The minimum absolute atomic E-state index is 0.0196. The third kappa shape index (κ3) is 6.20. The number of nitrogens with zero attached hydrogens (tertiary/aromatic N) is 4. The number of amides is 1. The molecule has 10 heteroatoms. The Balaban J connectivity index is 1.59. The van der Waals surface area contributed by atoms with Crippen molar-refractivity contribution in [2.75, 3.05) is 6.61 Å². The predicted molar refractivity (Wildman–Crippen MR) is 118 cm³/mol. The van der Waals surface area contributed by atoms with Crippen LogP contribution >= 0.6 is 0 Å². The largest absolute Gasteiger partial charge is 0.507 e. The number of aryl methyl sites for hydroxylation is 1. The molecule has 3 aromatic carbocycles. The van der Waals surface area contributed by atoms with Gasteiger partial charge >= 0.3 is 5.69 Å². The van der Waals surface area contributed by atoms with Crippen molar-refractivity contribution in [1.82, 2.24) is 5.43 Å². The maximum absolute atomic E-state index is 12.0. The zero-order valence-electron chi connectivity index (χ0n) is 17.0. The van der Waals surface area contributed by atoms with E-state index in [-0.39, 0.29) is 17.2 Å². The SMILES string of the molecule is Cc1ccc(OCC(=O)N/N=C/c2cc(N=Nc3ccccc3)ccc2O)c([N+](=O)[O-])c1. The molecule has 0 atom stereocenters. The number of carbonyl (C=O) groups is 1. The van der Waals surface area contributed by atoms with E-state index in [1.54, 1.807) is 37.3 Å². The summed E-state index contributed by atoms with van der Waals surface area (Å²) in [7, 11) is 0. The number of azo groups is 1. The fraction of sp³-hybridized carbons (Fsp3) is 0.0909. The maximum Gasteiger partial charge on any atom is 0.311 e. The number of benzene rings is 3. The lowest BCUT2D eigenvalue weighted by atomic mass is 10.2. The molecule has 0 bridgehead atoms. The van der Waals surface area contributed by atoms with Crippen LogP contribution in [0, 0.1) is 17.0 Å². The molecule has 0 aromatic heterocycles. The molecule has 2 N–H and O–H groups in total. The second-order valence-corrected chi connectivity index (χ2v) is 6.59. The number of nitro benzene ring substituents is 1. The number of rotatable bonds is 8. The number of carbonyl (C=O) groups excluding carboxylic acids is 1. The van der Waals surface area contributed by atoms with Gasteiger partial charge in [-0.05, 0) is 48.9 Å². The number of nitro groups is 1. The molecule has 0 fully saturated rings. The molecule has 0 heterocycles. The number of nitrogens with one attached hydrogen (secondary N) is 1. The average molecular weight is 433 g/mol. The van der Waals surface area contributed by atoms with Crippen molar-refractivity contribution in [1.29, 1.82) is 0 Å². The number of aromatic hydroxyl groups is 1. The third-order valence-corrected chi connectivity index (χ3v) is 4.11. The molecule has 0 saturated heterocycles. The van der Waals surface area contributed by atoms with Gasteiger partial charge in [0, 0.05) is 11.6 Å². The first kappa shape index (κ1) is 22.1. The van der Waals surface area contributed by atoms with Crippen LogP contribution in [0.25, 0.3) is 0 Å². The fourth-order valence-electron chi connectivity index (χ4n) is 2.56. The van der Waals surface area contributed by atoms with Crippen LogP contribution in [0.15, 0.2) is 82.1 Å². The molecule has 162 valence electrons. The number of hydrazone groups is 1. The van der Waals surface area contributed by atoms with Gasteiger partial charge in [0.05, 0.1) is 22.5 Å². The van der Waals surface area contributed by atoms with E-state index in [4.69, 9.17) is 4.74 Å². The van der Waals surface area contributed by atoms with Gasteiger partial charge < -0.3 is 9.84 Å². The van der Waals surface area contributed by atoms with Gasteiger partial charge in [-0.25, -0.2) is 5.43 Å². The Bertz CT molecular complexity index is 1180. The van der Waals surface area contributed by atoms with Crippen molar-refractivity contribution < 1.29 is 19.6 Å². The van der Waals surface area contributed by atoms with E-state index in [2.05, 4.69) is 20.8 Å². The summed E-state index contributed by atoms with van der Waals surface area (Å²) in [5.74, 6) is -0.711. The van der Waals surface area contributed by atoms with Crippen LogP contribution in [0.5, 0.6) is 11.5 Å². The van der Waals surface area contributed by atoms with Gasteiger partial charge in [-0.15, -0.1) is 0 Å². The highest BCUT2D eigenvalue weighted by atomic mass is 16.6. The van der Waals surface area contributed by atoms with Gasteiger partial charge in [-0.2, -0.15) is 15.3 Å². The number of hydrogen-bond donors (Lipinski definition) is 2. The Hall–Kier alpha value is -4.60. The predicted octanol–water partition coefficient (Wildman–Crippen LogP) is 4.55. The lowest BCUT2D eigenvalue weighted by molar-refractivity contribution is -0.385. The lowest BCUT2D eigenvalue weighted by Gasteiger charge is -2.06. The van der Waals surface area contributed by atoms with Crippen LogP contribution in [0.1, 0.15) is 11.1 Å². The molecule has 0 aliphatic carbocycles. The lowest BCUT2D eigenvalue weighted by Crippen LogP contribution is -2.24. The van der Waals surface area contributed by atoms with Crippen molar-refractivity contribution in [3.05, 3.63) is 88.0 Å². The van der Waals surface area contributed by atoms with E-state index >= 15 is 0 Å². The second kappa shape index (κ2) is 10.4. The highest BCUT2D eigenvalue weighted by Crippen LogP contribution is 2.27. The number of phenolic OH excluding ortho intramolecular Hbond substituents is 1. The summed E-state index contributed by atoms with van der Waals surface area (Å²) >= 11 is 0. The molecule has 0 aliphatic heterocycles. The second-order valence-electron chi connectivity index (χ2n) is 6.59. The number of phenols is 1. The van der Waals surface area contributed by atoms with Crippen LogP contribution in [0.3, 0.4) is 0 Å². The monoisotopic (exact) mass is 433 g/mol. The summed E-state index contributed by atoms with van der Waals surface area (Å²) in [5, 5.41) is 33.1. The Morgan fingerprint density at radius 3 is 2.59 bits per heavy atom. The number of ether oxygens (including phenoxy) is 1. The Kier molecular flexibility index (Phi) is 7.20. The average Bonchev–Trinajstić information content (AvgIpc) is 2.79. The quantitative estimate of drug-likeness (QED) is 0.232. The van der Waals surface area contributed by atoms with E-state index in [0.29, 0.717) is 22.5 Å². The van der Waals surface area contributed by atoms with Crippen LogP contribution < -0.4 is 10.2 Å². The van der Waals surface area contributed by atoms with E-state index in [1.165, 1.54) is 24.4 Å². The Labute approximate surface area is 183 Å². The summed E-state index contributed by atoms with van der Waals surface area (Å²) in [6.07, 6.45) is 1.24. The van der Waals surface area contributed by atoms with Crippen LogP contribution in [-0.2, 0) is 4.79 Å². The molecule has 0 saturated carbocycles. The van der Waals surface area contributed by atoms with Crippen molar-refractivity contribution in [3.8, 4) is 11.5 Å². The first-order valence-corrected chi connectivity index (χ1v) is 9.42. The van der Waals surface area contributed by atoms with Crippen molar-refractivity contribution in [3.63, 3.8) is 0 Å². The van der Waals surface area contributed by atoms with Crippen molar-refractivity contribution in [2.24, 2.45) is 15.3 Å². The van der Waals surface area contributed by atoms with Crippen LogP contribution in [0.4, 0.5) is 17.1 Å². The molecule has 3 aromatic rings. The van der Waals surface area contributed by atoms with E-state index in [1.807, 2.05) is 18.2 Å². The molecule has 0 aliphatic rings. The summed E-state index contributed by atoms with van der Waals surface area (Å²) in [5.41, 5.74) is 4.17. The molecular formula is C22H19N5O5. The zero-order valence-corrected chi connectivity index (χ0v) is 17.0. The maximum atomic E-state index is 12.0. The van der Waals surface area contributed by atoms with E-state index in [9.17, 15) is 20.0 Å².